The number of hydrogen-bond donors (Lipinski definition) is 1. The summed E-state index contributed by atoms with van der Waals surface area (Å²) in [6.07, 6.45) is 3.55. The zero-order chi connectivity index (χ0) is 21.7. The highest BCUT2D eigenvalue weighted by Gasteiger charge is 2.38. The lowest BCUT2D eigenvalue weighted by molar-refractivity contribution is -0.134. The fraction of sp³-hybridized carbons (Fsp3) is 0.500. The summed E-state index contributed by atoms with van der Waals surface area (Å²) >= 11 is 3.45. The molecule has 1 N–H and O–H groups in total. The Balaban J connectivity index is 1.66. The zero-order valence-corrected chi connectivity index (χ0v) is 18.8. The first-order valence-electron chi connectivity index (χ1n) is 10.2. The molecule has 2 aliphatic heterocycles. The van der Waals surface area contributed by atoms with E-state index >= 15 is 0 Å². The summed E-state index contributed by atoms with van der Waals surface area (Å²) in [5, 5.41) is 2.60. The van der Waals surface area contributed by atoms with E-state index < -0.39 is 18.8 Å². The van der Waals surface area contributed by atoms with E-state index in [0.29, 0.717) is 13.0 Å². The van der Waals surface area contributed by atoms with E-state index in [9.17, 15) is 14.0 Å². The molecule has 1 fully saturated rings. The maximum atomic E-state index is 13.3. The second-order valence-electron chi connectivity index (χ2n) is 7.84. The van der Waals surface area contributed by atoms with Gasteiger partial charge in [-0.2, -0.15) is 0 Å². The van der Waals surface area contributed by atoms with Gasteiger partial charge in [0.25, 0.3) is 0 Å². The first kappa shape index (κ1) is 22.5. The largest absolute Gasteiger partial charge is 0.447 e. The molecule has 0 radical (unpaired) electrons. The normalized spacial score (nSPS) is 19.5. The van der Waals surface area contributed by atoms with Gasteiger partial charge in [0.05, 0.1) is 6.04 Å². The van der Waals surface area contributed by atoms with Crippen LogP contribution in [0.15, 0.2) is 39.9 Å². The van der Waals surface area contributed by atoms with Crippen LogP contribution in [-0.4, -0.2) is 54.5 Å². The molecule has 2 amide bonds. The number of carbonyl (C=O) groups excluding carboxylic acids is 2. The van der Waals surface area contributed by atoms with Crippen molar-refractivity contribution in [3.8, 4) is 0 Å². The Hall–Kier alpha value is -2.22. The molecule has 8 heteroatoms. The maximum absolute atomic E-state index is 13.3. The third kappa shape index (κ3) is 5.28. The van der Waals surface area contributed by atoms with Gasteiger partial charge in [-0.1, -0.05) is 41.9 Å². The van der Waals surface area contributed by atoms with Crippen LogP contribution in [-0.2, 0) is 9.53 Å². The van der Waals surface area contributed by atoms with Gasteiger partial charge in [0.2, 0.25) is 5.91 Å². The number of amides is 2. The van der Waals surface area contributed by atoms with Crippen LogP contribution in [0.3, 0.4) is 0 Å². The van der Waals surface area contributed by atoms with Crippen molar-refractivity contribution in [3.05, 3.63) is 40.5 Å². The highest BCUT2D eigenvalue weighted by atomic mass is 79.9. The van der Waals surface area contributed by atoms with Crippen molar-refractivity contribution < 1.29 is 18.7 Å². The molecule has 0 aromatic heterocycles. The van der Waals surface area contributed by atoms with E-state index in [1.807, 2.05) is 49.2 Å². The van der Waals surface area contributed by atoms with Crippen LogP contribution in [0.5, 0.6) is 0 Å². The molecule has 1 aromatic carbocycles. The van der Waals surface area contributed by atoms with E-state index in [2.05, 4.69) is 26.2 Å². The molecule has 2 aliphatic rings. The number of allylic oxidation sites excluding steroid dienone is 1. The van der Waals surface area contributed by atoms with Gasteiger partial charge >= 0.3 is 6.09 Å². The molecule has 0 bridgehead atoms. The van der Waals surface area contributed by atoms with Gasteiger partial charge in [0.1, 0.15) is 19.3 Å². The molecule has 6 nitrogen and oxygen atoms in total. The van der Waals surface area contributed by atoms with Crippen LogP contribution < -0.4 is 5.32 Å². The Bertz CT molecular complexity index is 839. The van der Waals surface area contributed by atoms with Crippen molar-refractivity contribution in [2.75, 3.05) is 19.8 Å². The molecular formula is C22H27BrFN3O3. The van der Waals surface area contributed by atoms with Crippen molar-refractivity contribution >= 4 is 39.2 Å². The summed E-state index contributed by atoms with van der Waals surface area (Å²) in [5.41, 5.74) is 3.22. The lowest BCUT2D eigenvalue weighted by Crippen LogP contribution is -2.53. The molecule has 1 saturated heterocycles. The summed E-state index contributed by atoms with van der Waals surface area (Å²) in [7, 11) is 0. The summed E-state index contributed by atoms with van der Waals surface area (Å²) < 4.78 is 18.0. The molecule has 2 atom stereocenters. The molecule has 162 valence electrons. The van der Waals surface area contributed by atoms with E-state index in [0.717, 1.165) is 34.2 Å². The number of rotatable bonds is 7. The zero-order valence-electron chi connectivity index (χ0n) is 17.2. The summed E-state index contributed by atoms with van der Waals surface area (Å²) in [6, 6.07) is 7.30. The van der Waals surface area contributed by atoms with E-state index in [1.54, 1.807) is 0 Å². The third-order valence-corrected chi connectivity index (χ3v) is 5.94. The number of halogens is 2. The van der Waals surface area contributed by atoms with Crippen LogP contribution in [0.4, 0.5) is 9.18 Å². The second-order valence-corrected chi connectivity index (χ2v) is 8.75. The quantitative estimate of drug-likeness (QED) is 0.631. The minimum Gasteiger partial charge on any atom is -0.447 e. The van der Waals surface area contributed by atoms with Gasteiger partial charge in [0.15, 0.2) is 0 Å². The number of carbonyl (C=O) groups is 2. The monoisotopic (exact) mass is 479 g/mol. The molecule has 30 heavy (non-hydrogen) atoms. The number of nitrogens with zero attached hydrogens (tertiary/aromatic N) is 2. The highest BCUT2D eigenvalue weighted by Crippen LogP contribution is 2.31. The standard InChI is InChI=1S/C22H27BrFN3O3/c1-14(2)20(26-22(29)30-11-9-24)21(28)27-10-3-4-19(27)18-12-16(13-25-18)15-5-7-17(23)8-6-15/h5-8,13-14,19-20H,3-4,9-12H2,1-2H3,(H,26,29)/t19-,20-/m0/s1. The Labute approximate surface area is 184 Å². The molecule has 2 heterocycles. The average molecular weight is 480 g/mol. The number of likely N-dealkylation sites (tertiary alicyclic amines) is 1. The van der Waals surface area contributed by atoms with Gasteiger partial charge in [-0.05, 0) is 42.0 Å². The number of alkyl halides is 1. The Morgan fingerprint density at radius 2 is 2.07 bits per heavy atom. The van der Waals surface area contributed by atoms with E-state index in [1.165, 1.54) is 0 Å². The number of ether oxygens (including phenoxy) is 1. The van der Waals surface area contributed by atoms with Crippen molar-refractivity contribution in [3.63, 3.8) is 0 Å². The number of hydrogen-bond acceptors (Lipinski definition) is 4. The molecule has 3 rings (SSSR count). The van der Waals surface area contributed by atoms with Gasteiger partial charge in [-0.25, -0.2) is 9.18 Å². The number of benzene rings is 1. The summed E-state index contributed by atoms with van der Waals surface area (Å²) in [6.45, 7) is 3.28. The first-order chi connectivity index (χ1) is 14.4. The van der Waals surface area contributed by atoms with Crippen LogP contribution in [0.2, 0.25) is 0 Å². The fourth-order valence-electron chi connectivity index (χ4n) is 3.86. The molecule has 0 aliphatic carbocycles. The van der Waals surface area contributed by atoms with Crippen LogP contribution in [0, 0.1) is 5.92 Å². The smallest absolute Gasteiger partial charge is 0.407 e. The molecule has 0 spiro atoms. The Morgan fingerprint density at radius 1 is 1.33 bits per heavy atom. The Morgan fingerprint density at radius 3 is 2.73 bits per heavy atom. The number of nitrogens with one attached hydrogen (secondary N) is 1. The first-order valence-corrected chi connectivity index (χ1v) is 11.0. The highest BCUT2D eigenvalue weighted by molar-refractivity contribution is 9.10. The van der Waals surface area contributed by atoms with Crippen molar-refractivity contribution in [1.82, 2.24) is 10.2 Å². The molecule has 1 aromatic rings. The molecular weight excluding hydrogens is 453 g/mol. The molecule has 0 unspecified atom stereocenters. The lowest BCUT2D eigenvalue weighted by Gasteiger charge is -2.31. The second kappa shape index (κ2) is 10.2. The maximum Gasteiger partial charge on any atom is 0.407 e. The number of alkyl carbamates (subject to hydrolysis) is 1. The number of aliphatic imine (C=N–C) groups is 1. The molecule has 0 saturated carbocycles. The lowest BCUT2D eigenvalue weighted by atomic mass is 9.97. The van der Waals surface area contributed by atoms with Crippen molar-refractivity contribution in [1.29, 1.82) is 0 Å². The van der Waals surface area contributed by atoms with E-state index in [4.69, 9.17) is 4.74 Å². The van der Waals surface area contributed by atoms with Crippen LogP contribution in [0.25, 0.3) is 5.57 Å². The minimum absolute atomic E-state index is 0.0772. The van der Waals surface area contributed by atoms with Gasteiger partial charge in [0, 0.05) is 29.3 Å². The predicted molar refractivity (Wildman–Crippen MR) is 118 cm³/mol. The Kier molecular flexibility index (Phi) is 7.64. The average Bonchev–Trinajstić information content (AvgIpc) is 3.39. The van der Waals surface area contributed by atoms with E-state index in [-0.39, 0.29) is 24.5 Å². The minimum atomic E-state index is -0.771. The summed E-state index contributed by atoms with van der Waals surface area (Å²) in [4.78, 5) is 31.6. The van der Waals surface area contributed by atoms with Crippen LogP contribution >= 0.6 is 15.9 Å². The van der Waals surface area contributed by atoms with Gasteiger partial charge in [-0.15, -0.1) is 0 Å². The van der Waals surface area contributed by atoms with Crippen molar-refractivity contribution in [2.24, 2.45) is 10.9 Å². The van der Waals surface area contributed by atoms with Gasteiger partial charge in [-0.3, -0.25) is 9.79 Å². The summed E-state index contributed by atoms with van der Waals surface area (Å²) in [5.74, 6) is -0.275. The fourth-order valence-corrected chi connectivity index (χ4v) is 4.13. The van der Waals surface area contributed by atoms with Gasteiger partial charge < -0.3 is 15.0 Å². The topological polar surface area (TPSA) is 71.0 Å². The SMILES string of the molecule is CC(C)[C@H](NC(=O)OCCF)C(=O)N1CCC[C@H]1C1=NC=C(c2ccc(Br)cc2)C1. The van der Waals surface area contributed by atoms with Crippen molar-refractivity contribution in [2.45, 2.75) is 45.2 Å². The predicted octanol–water partition coefficient (Wildman–Crippen LogP) is 4.35. The van der Waals surface area contributed by atoms with Crippen LogP contribution in [0.1, 0.15) is 38.7 Å². The third-order valence-electron chi connectivity index (χ3n) is 5.41.